The first-order chi connectivity index (χ1) is 11.1. The minimum absolute atomic E-state index is 0.208. The molecule has 0 aliphatic rings. The van der Waals surface area contributed by atoms with Crippen LogP contribution in [0, 0.1) is 5.82 Å². The van der Waals surface area contributed by atoms with Gasteiger partial charge in [0, 0.05) is 41.4 Å². The Morgan fingerprint density at radius 2 is 1.91 bits per heavy atom. The van der Waals surface area contributed by atoms with E-state index in [9.17, 15) is 4.39 Å². The van der Waals surface area contributed by atoms with Crippen molar-refractivity contribution < 1.29 is 4.39 Å². The predicted molar refractivity (Wildman–Crippen MR) is 101 cm³/mol. The lowest BCUT2D eigenvalue weighted by Gasteiger charge is -2.21. The van der Waals surface area contributed by atoms with E-state index in [0.717, 1.165) is 17.3 Å². The van der Waals surface area contributed by atoms with Crippen LogP contribution >= 0.6 is 35.6 Å². The molecule has 0 spiro atoms. The highest BCUT2D eigenvalue weighted by Gasteiger charge is 2.07. The van der Waals surface area contributed by atoms with E-state index < -0.39 is 0 Å². The van der Waals surface area contributed by atoms with Crippen LogP contribution in [0.4, 0.5) is 4.39 Å². The highest BCUT2D eigenvalue weighted by molar-refractivity contribution is 7.99. The van der Waals surface area contributed by atoms with Crippen LogP contribution in [0.1, 0.15) is 5.56 Å². The molecule has 1 N–H and O–H groups in total. The van der Waals surface area contributed by atoms with E-state index in [4.69, 9.17) is 23.8 Å². The fourth-order valence-electron chi connectivity index (χ4n) is 1.95. The molecule has 0 aliphatic carbocycles. The molecule has 0 bridgehead atoms. The Kier molecular flexibility index (Phi) is 7.15. The van der Waals surface area contributed by atoms with Gasteiger partial charge < -0.3 is 10.2 Å². The molecule has 0 aromatic heterocycles. The molecule has 0 saturated heterocycles. The minimum Gasteiger partial charge on any atom is -0.362 e. The summed E-state index contributed by atoms with van der Waals surface area (Å²) in [7, 11) is 1.86. The number of thiocarbonyl (C=S) groups is 1. The van der Waals surface area contributed by atoms with Gasteiger partial charge >= 0.3 is 0 Å². The highest BCUT2D eigenvalue weighted by atomic mass is 35.5. The zero-order valence-electron chi connectivity index (χ0n) is 12.8. The van der Waals surface area contributed by atoms with Gasteiger partial charge in [-0.1, -0.05) is 29.8 Å². The first-order valence-electron chi connectivity index (χ1n) is 7.17. The van der Waals surface area contributed by atoms with Crippen LogP contribution in [-0.4, -0.2) is 29.4 Å². The molecule has 2 aromatic rings. The van der Waals surface area contributed by atoms with Crippen molar-refractivity contribution >= 4 is 40.7 Å². The van der Waals surface area contributed by atoms with Crippen molar-refractivity contribution in [1.82, 2.24) is 10.2 Å². The van der Waals surface area contributed by atoms with Crippen LogP contribution in [0.5, 0.6) is 0 Å². The van der Waals surface area contributed by atoms with Gasteiger partial charge in [0.15, 0.2) is 5.11 Å². The number of rotatable bonds is 6. The third-order valence-corrected chi connectivity index (χ3v) is 4.89. The molecule has 2 nitrogen and oxygen atoms in total. The van der Waals surface area contributed by atoms with Gasteiger partial charge in [-0.05, 0) is 42.5 Å². The van der Waals surface area contributed by atoms with E-state index in [1.54, 1.807) is 23.9 Å². The van der Waals surface area contributed by atoms with Crippen LogP contribution in [0.25, 0.3) is 0 Å². The number of hydrogen-bond donors (Lipinski definition) is 1. The lowest BCUT2D eigenvalue weighted by molar-refractivity contribution is 0.472. The summed E-state index contributed by atoms with van der Waals surface area (Å²) in [4.78, 5) is 3.00. The highest BCUT2D eigenvalue weighted by Crippen LogP contribution is 2.19. The summed E-state index contributed by atoms with van der Waals surface area (Å²) >= 11 is 12.9. The van der Waals surface area contributed by atoms with E-state index in [-0.39, 0.29) is 5.82 Å². The van der Waals surface area contributed by atoms with Crippen molar-refractivity contribution in [3.8, 4) is 0 Å². The number of nitrogens with one attached hydrogen (secondary N) is 1. The maximum Gasteiger partial charge on any atom is 0.169 e. The topological polar surface area (TPSA) is 15.3 Å². The number of halogens is 2. The second-order valence-electron chi connectivity index (χ2n) is 4.98. The van der Waals surface area contributed by atoms with Crippen LogP contribution in [0.3, 0.4) is 0 Å². The lowest BCUT2D eigenvalue weighted by atomic mass is 10.2. The van der Waals surface area contributed by atoms with E-state index in [1.165, 1.54) is 11.0 Å². The molecular formula is C17H18ClFN2S2. The van der Waals surface area contributed by atoms with Crippen LogP contribution in [-0.2, 0) is 6.54 Å². The first kappa shape index (κ1) is 18.0. The number of benzene rings is 2. The molecule has 0 unspecified atom stereocenters. The van der Waals surface area contributed by atoms with E-state index in [0.29, 0.717) is 17.2 Å². The summed E-state index contributed by atoms with van der Waals surface area (Å²) in [5.41, 5.74) is 0.634. The van der Waals surface area contributed by atoms with Gasteiger partial charge in [0.2, 0.25) is 0 Å². The zero-order chi connectivity index (χ0) is 16.7. The minimum atomic E-state index is -0.208. The smallest absolute Gasteiger partial charge is 0.169 e. The summed E-state index contributed by atoms with van der Waals surface area (Å²) in [6, 6.07) is 14.5. The van der Waals surface area contributed by atoms with Crippen molar-refractivity contribution in [2.45, 2.75) is 11.4 Å². The molecule has 23 heavy (non-hydrogen) atoms. The Balaban J connectivity index is 1.72. The molecule has 2 aromatic carbocycles. The molecule has 0 radical (unpaired) electrons. The monoisotopic (exact) mass is 368 g/mol. The lowest BCUT2D eigenvalue weighted by Crippen LogP contribution is -2.37. The Labute approximate surface area is 151 Å². The van der Waals surface area contributed by atoms with Gasteiger partial charge in [0.1, 0.15) is 5.82 Å². The van der Waals surface area contributed by atoms with Gasteiger partial charge in [-0.2, -0.15) is 0 Å². The van der Waals surface area contributed by atoms with Crippen molar-refractivity contribution in [3.05, 3.63) is 64.9 Å². The quantitative estimate of drug-likeness (QED) is 0.456. The summed E-state index contributed by atoms with van der Waals surface area (Å²) < 4.78 is 13.6. The average molecular weight is 369 g/mol. The predicted octanol–water partition coefficient (Wildman–Crippen LogP) is 4.58. The fourth-order valence-corrected chi connectivity index (χ4v) is 3.01. The molecule has 0 atom stereocenters. The first-order valence-corrected chi connectivity index (χ1v) is 8.94. The zero-order valence-corrected chi connectivity index (χ0v) is 15.1. The molecule has 6 heteroatoms. The maximum atomic E-state index is 13.6. The summed E-state index contributed by atoms with van der Waals surface area (Å²) in [6.45, 7) is 1.19. The molecule has 0 aliphatic heterocycles. The molecule has 0 fully saturated rings. The third-order valence-electron chi connectivity index (χ3n) is 3.17. The van der Waals surface area contributed by atoms with E-state index in [2.05, 4.69) is 5.32 Å². The Bertz CT molecular complexity index is 649. The van der Waals surface area contributed by atoms with Crippen molar-refractivity contribution in [1.29, 1.82) is 0 Å². The third kappa shape index (κ3) is 6.01. The summed E-state index contributed by atoms with van der Waals surface area (Å²) in [6.07, 6.45) is 0. The van der Waals surface area contributed by atoms with Gasteiger partial charge in [-0.15, -0.1) is 11.8 Å². The number of hydrogen-bond acceptors (Lipinski definition) is 2. The fraction of sp³-hybridized carbons (Fsp3) is 0.235. The SMILES string of the molecule is CN(Cc1ccccc1F)C(=S)NCCSc1ccc(Cl)cc1. The van der Waals surface area contributed by atoms with Crippen LogP contribution < -0.4 is 5.32 Å². The molecular weight excluding hydrogens is 351 g/mol. The van der Waals surface area contributed by atoms with Crippen LogP contribution in [0.15, 0.2) is 53.4 Å². The average Bonchev–Trinajstić information content (AvgIpc) is 2.55. The number of nitrogens with zero attached hydrogens (tertiary/aromatic N) is 1. The second-order valence-corrected chi connectivity index (χ2v) is 6.97. The van der Waals surface area contributed by atoms with E-state index in [1.807, 2.05) is 42.3 Å². The van der Waals surface area contributed by atoms with Gasteiger partial charge in [-0.3, -0.25) is 0 Å². The van der Waals surface area contributed by atoms with Crippen molar-refractivity contribution in [2.75, 3.05) is 19.3 Å². The second kappa shape index (κ2) is 9.11. The van der Waals surface area contributed by atoms with E-state index >= 15 is 0 Å². The molecule has 122 valence electrons. The summed E-state index contributed by atoms with van der Waals surface area (Å²) in [5, 5.41) is 4.55. The Hall–Kier alpha value is -1.30. The van der Waals surface area contributed by atoms with Gasteiger partial charge in [0.05, 0.1) is 0 Å². The van der Waals surface area contributed by atoms with Crippen molar-refractivity contribution in [3.63, 3.8) is 0 Å². The maximum absolute atomic E-state index is 13.6. The molecule has 0 saturated carbocycles. The Morgan fingerprint density at radius 1 is 1.22 bits per heavy atom. The van der Waals surface area contributed by atoms with Crippen molar-refractivity contribution in [2.24, 2.45) is 0 Å². The largest absolute Gasteiger partial charge is 0.362 e. The summed E-state index contributed by atoms with van der Waals surface area (Å²) in [5.74, 6) is 0.676. The van der Waals surface area contributed by atoms with Gasteiger partial charge in [-0.25, -0.2) is 4.39 Å². The Morgan fingerprint density at radius 3 is 2.61 bits per heavy atom. The molecule has 0 heterocycles. The van der Waals surface area contributed by atoms with Crippen LogP contribution in [0.2, 0.25) is 5.02 Å². The molecule has 2 rings (SSSR count). The standard InChI is InChI=1S/C17H18ClFN2S2/c1-21(12-13-4-2-3-5-16(13)19)17(22)20-10-11-23-15-8-6-14(18)7-9-15/h2-9H,10-12H2,1H3,(H,20,22). The van der Waals surface area contributed by atoms with Gasteiger partial charge in [0.25, 0.3) is 0 Å². The normalized spacial score (nSPS) is 10.4. The molecule has 0 amide bonds. The number of thioether (sulfide) groups is 1.